The number of amides is 2. The minimum Gasteiger partial charge on any atom is -0.452 e. The van der Waals surface area contributed by atoms with Crippen molar-refractivity contribution in [2.75, 3.05) is 11.9 Å². The Bertz CT molecular complexity index is 826. The van der Waals surface area contributed by atoms with E-state index < -0.39 is 18.5 Å². The van der Waals surface area contributed by atoms with Crippen molar-refractivity contribution in [3.63, 3.8) is 0 Å². The van der Waals surface area contributed by atoms with Crippen molar-refractivity contribution in [3.05, 3.63) is 58.3 Å². The van der Waals surface area contributed by atoms with Crippen LogP contribution in [0.2, 0.25) is 0 Å². The first kappa shape index (κ1) is 17.9. The fraction of sp³-hybridized carbons (Fsp3) is 0.211. The van der Waals surface area contributed by atoms with Crippen LogP contribution in [0.1, 0.15) is 28.1 Å². The molecule has 0 unspecified atom stereocenters. The van der Waals surface area contributed by atoms with E-state index in [1.165, 1.54) is 17.4 Å². The molecule has 6 nitrogen and oxygen atoms in total. The van der Waals surface area contributed by atoms with Crippen LogP contribution in [-0.4, -0.2) is 30.4 Å². The molecule has 0 bridgehead atoms. The minimum absolute atomic E-state index is 0.223. The van der Waals surface area contributed by atoms with Gasteiger partial charge < -0.3 is 15.4 Å². The molecule has 0 aliphatic heterocycles. The van der Waals surface area contributed by atoms with E-state index in [9.17, 15) is 14.4 Å². The summed E-state index contributed by atoms with van der Waals surface area (Å²) in [6.45, 7) is -0.424. The van der Waals surface area contributed by atoms with Gasteiger partial charge in [-0.05, 0) is 42.5 Å². The Morgan fingerprint density at radius 1 is 1.15 bits per heavy atom. The molecule has 1 heterocycles. The smallest absolute Gasteiger partial charge is 0.331 e. The Kier molecular flexibility index (Phi) is 5.80. The number of carbonyl (C=O) groups is 3. The summed E-state index contributed by atoms with van der Waals surface area (Å²) in [6.07, 6.45) is 4.86. The maximum absolute atomic E-state index is 12.2. The van der Waals surface area contributed by atoms with Crippen LogP contribution in [0.3, 0.4) is 0 Å². The summed E-state index contributed by atoms with van der Waals surface area (Å²) in [4.78, 5) is 36.8. The lowest BCUT2D eigenvalue weighted by molar-refractivity contribution is -0.142. The van der Waals surface area contributed by atoms with Gasteiger partial charge in [0.1, 0.15) is 0 Å². The summed E-state index contributed by atoms with van der Waals surface area (Å²) < 4.78 is 4.92. The van der Waals surface area contributed by atoms with Gasteiger partial charge in [0.25, 0.3) is 11.8 Å². The summed E-state index contributed by atoms with van der Waals surface area (Å²) in [6, 6.07) is 10.7. The molecule has 1 aromatic heterocycles. The number of carbonyl (C=O) groups excluding carboxylic acids is 3. The second kappa shape index (κ2) is 8.44. The largest absolute Gasteiger partial charge is 0.452 e. The number of nitrogens with one attached hydrogen (secondary N) is 2. The Morgan fingerprint density at radius 3 is 2.69 bits per heavy atom. The lowest BCUT2D eigenvalue weighted by Gasteiger charge is -2.11. The van der Waals surface area contributed by atoms with Crippen molar-refractivity contribution in [1.82, 2.24) is 5.32 Å². The number of esters is 1. The molecule has 2 amide bonds. The first-order valence-corrected chi connectivity index (χ1v) is 9.08. The van der Waals surface area contributed by atoms with Gasteiger partial charge >= 0.3 is 5.97 Å². The molecule has 0 radical (unpaired) electrons. The number of ether oxygens (including phenoxy) is 1. The van der Waals surface area contributed by atoms with Crippen LogP contribution in [0.5, 0.6) is 0 Å². The van der Waals surface area contributed by atoms with Gasteiger partial charge in [-0.1, -0.05) is 18.2 Å². The fourth-order valence-corrected chi connectivity index (χ4v) is 2.81. The van der Waals surface area contributed by atoms with Crippen LogP contribution in [-0.2, 0) is 14.3 Å². The average molecular weight is 370 g/mol. The summed E-state index contributed by atoms with van der Waals surface area (Å²) in [5.41, 5.74) is 0.775. The van der Waals surface area contributed by atoms with E-state index in [-0.39, 0.29) is 11.9 Å². The van der Waals surface area contributed by atoms with Gasteiger partial charge in [-0.3, -0.25) is 9.59 Å². The van der Waals surface area contributed by atoms with E-state index in [1.807, 2.05) is 17.5 Å². The summed E-state index contributed by atoms with van der Waals surface area (Å²) >= 11 is 1.49. The van der Waals surface area contributed by atoms with Gasteiger partial charge in [0.05, 0.1) is 11.3 Å². The zero-order valence-corrected chi connectivity index (χ0v) is 14.8. The minimum atomic E-state index is -0.603. The zero-order chi connectivity index (χ0) is 18.4. The van der Waals surface area contributed by atoms with Crippen molar-refractivity contribution >= 4 is 40.9 Å². The van der Waals surface area contributed by atoms with Crippen molar-refractivity contribution < 1.29 is 19.1 Å². The highest BCUT2D eigenvalue weighted by Gasteiger charge is 2.25. The highest BCUT2D eigenvalue weighted by molar-refractivity contribution is 7.10. The van der Waals surface area contributed by atoms with Gasteiger partial charge in [-0.2, -0.15) is 0 Å². The molecule has 7 heteroatoms. The molecular weight excluding hydrogens is 352 g/mol. The molecule has 3 rings (SSSR count). The van der Waals surface area contributed by atoms with Crippen LogP contribution in [0, 0.1) is 0 Å². The molecule has 0 saturated heterocycles. The van der Waals surface area contributed by atoms with E-state index >= 15 is 0 Å². The van der Waals surface area contributed by atoms with E-state index in [2.05, 4.69) is 10.6 Å². The Balaban J connectivity index is 1.51. The normalized spacial score (nSPS) is 13.4. The number of benzene rings is 1. The third-order valence-corrected chi connectivity index (χ3v) is 4.47. The molecule has 26 heavy (non-hydrogen) atoms. The maximum atomic E-state index is 12.2. The second-order valence-corrected chi connectivity index (χ2v) is 6.78. The standard InChI is InChI=1S/C19H18N2O4S/c22-17(12-25-18(23)10-9-14-4-3-11-26-14)21-16-6-2-1-5-15(16)19(24)20-13-7-8-13/h1-6,9-11,13H,7-8,12H2,(H,20,24)(H,21,22). The molecule has 0 atom stereocenters. The molecule has 0 spiro atoms. The molecule has 1 aliphatic rings. The predicted octanol–water partition coefficient (Wildman–Crippen LogP) is 2.84. The van der Waals surface area contributed by atoms with Gasteiger partial charge in [-0.15, -0.1) is 11.3 Å². The number of anilines is 1. The van der Waals surface area contributed by atoms with Crippen molar-refractivity contribution in [2.45, 2.75) is 18.9 Å². The van der Waals surface area contributed by atoms with Gasteiger partial charge in [0.15, 0.2) is 6.61 Å². The van der Waals surface area contributed by atoms with Crippen LogP contribution in [0.25, 0.3) is 6.08 Å². The number of thiophene rings is 1. The Hall–Kier alpha value is -2.93. The Labute approximate surface area is 154 Å². The molecule has 134 valence electrons. The van der Waals surface area contributed by atoms with Crippen molar-refractivity contribution in [2.24, 2.45) is 0 Å². The first-order valence-electron chi connectivity index (χ1n) is 8.20. The van der Waals surface area contributed by atoms with Crippen LogP contribution < -0.4 is 10.6 Å². The number of para-hydroxylation sites is 1. The van der Waals surface area contributed by atoms with E-state index in [0.717, 1.165) is 17.7 Å². The maximum Gasteiger partial charge on any atom is 0.331 e. The van der Waals surface area contributed by atoms with Crippen molar-refractivity contribution in [3.8, 4) is 0 Å². The lowest BCUT2D eigenvalue weighted by Crippen LogP contribution is -2.27. The quantitative estimate of drug-likeness (QED) is 0.580. The summed E-state index contributed by atoms with van der Waals surface area (Å²) in [5.74, 6) is -1.33. The zero-order valence-electron chi connectivity index (χ0n) is 13.9. The third kappa shape index (κ3) is 5.29. The lowest BCUT2D eigenvalue weighted by atomic mass is 10.1. The molecule has 2 aromatic rings. The molecule has 1 aromatic carbocycles. The second-order valence-electron chi connectivity index (χ2n) is 5.80. The third-order valence-electron chi connectivity index (χ3n) is 3.63. The molecular formula is C19H18N2O4S. The summed E-state index contributed by atoms with van der Waals surface area (Å²) in [5, 5.41) is 7.39. The molecule has 1 saturated carbocycles. The highest BCUT2D eigenvalue weighted by Crippen LogP contribution is 2.21. The molecule has 1 fully saturated rings. The van der Waals surface area contributed by atoms with Crippen LogP contribution >= 0.6 is 11.3 Å². The Morgan fingerprint density at radius 2 is 1.96 bits per heavy atom. The van der Waals surface area contributed by atoms with Gasteiger partial charge in [0.2, 0.25) is 0 Å². The SMILES string of the molecule is O=C(COC(=O)C=Cc1cccs1)Nc1ccccc1C(=O)NC1CC1. The number of hydrogen-bond donors (Lipinski definition) is 2. The van der Waals surface area contributed by atoms with Gasteiger partial charge in [-0.25, -0.2) is 4.79 Å². The number of hydrogen-bond acceptors (Lipinski definition) is 5. The molecule has 2 N–H and O–H groups in total. The van der Waals surface area contributed by atoms with E-state index in [4.69, 9.17) is 4.74 Å². The first-order chi connectivity index (χ1) is 12.6. The monoisotopic (exact) mass is 370 g/mol. The summed E-state index contributed by atoms with van der Waals surface area (Å²) in [7, 11) is 0. The van der Waals surface area contributed by atoms with E-state index in [0.29, 0.717) is 11.3 Å². The average Bonchev–Trinajstić information content (AvgIpc) is 3.29. The predicted molar refractivity (Wildman–Crippen MR) is 99.9 cm³/mol. The van der Waals surface area contributed by atoms with E-state index in [1.54, 1.807) is 30.3 Å². The topological polar surface area (TPSA) is 84.5 Å². The molecule has 1 aliphatic carbocycles. The van der Waals surface area contributed by atoms with Crippen LogP contribution in [0.4, 0.5) is 5.69 Å². The number of rotatable bonds is 7. The fourth-order valence-electron chi connectivity index (χ4n) is 2.19. The van der Waals surface area contributed by atoms with Crippen LogP contribution in [0.15, 0.2) is 47.9 Å². The highest BCUT2D eigenvalue weighted by atomic mass is 32.1. The van der Waals surface area contributed by atoms with Crippen molar-refractivity contribution in [1.29, 1.82) is 0 Å². The van der Waals surface area contributed by atoms with Gasteiger partial charge in [0, 0.05) is 17.0 Å².